The second kappa shape index (κ2) is 15.8. The zero-order valence-corrected chi connectivity index (χ0v) is 18.7. The molecule has 0 saturated heterocycles. The third kappa shape index (κ3) is 10.7. The molecule has 3 N–H and O–H groups in total. The van der Waals surface area contributed by atoms with E-state index in [-0.39, 0.29) is 0 Å². The molecule has 0 aliphatic heterocycles. The maximum atomic E-state index is 12.3. The molecule has 2 atom stereocenters. The monoisotopic (exact) mass is 416 g/mol. The zero-order valence-electron chi connectivity index (χ0n) is 18.7. The number of aliphatic hydroxyl groups excluding tert-OH is 1. The van der Waals surface area contributed by atoms with Gasteiger partial charge in [-0.15, -0.1) is 0 Å². The minimum Gasteiger partial charge on any atom is -0.389 e. The fourth-order valence-corrected chi connectivity index (χ4v) is 3.36. The summed E-state index contributed by atoms with van der Waals surface area (Å²) < 4.78 is 0. The number of aliphatic hydroxyl groups is 1. The van der Waals surface area contributed by atoms with E-state index in [0.717, 1.165) is 18.4 Å². The van der Waals surface area contributed by atoms with Crippen LogP contribution in [0.4, 0.5) is 0 Å². The van der Waals surface area contributed by atoms with Crippen molar-refractivity contribution in [1.82, 2.24) is 10.6 Å². The number of hydrogen-bond donors (Lipinski definition) is 3. The maximum absolute atomic E-state index is 12.3. The molecule has 5 nitrogen and oxygen atoms in total. The summed E-state index contributed by atoms with van der Waals surface area (Å²) in [5, 5.41) is 15.8. The summed E-state index contributed by atoms with van der Waals surface area (Å²) in [5.41, 5.74) is -0.586. The molecule has 1 aromatic rings. The predicted octanol–water partition coefficient (Wildman–Crippen LogP) is 4.60. The Morgan fingerprint density at radius 2 is 1.57 bits per heavy atom. The number of aldehydes is 1. The molecular weight excluding hydrogens is 376 g/mol. The van der Waals surface area contributed by atoms with Gasteiger partial charge < -0.3 is 10.4 Å². The molecule has 1 rings (SSSR count). The van der Waals surface area contributed by atoms with Crippen molar-refractivity contribution in [3.63, 3.8) is 0 Å². The number of carbonyl (C=O) groups excluding carboxylic acids is 2. The highest BCUT2D eigenvalue weighted by atomic mass is 16.3. The van der Waals surface area contributed by atoms with Crippen LogP contribution >= 0.6 is 0 Å². The number of amides is 1. The fourth-order valence-electron chi connectivity index (χ4n) is 3.36. The Balaban J connectivity index is 2.34. The Kier molecular flexibility index (Phi) is 13.7. The first-order valence-electron chi connectivity index (χ1n) is 11.5. The predicted molar refractivity (Wildman–Crippen MR) is 124 cm³/mol. The maximum Gasteiger partial charge on any atom is 0.245 e. The lowest BCUT2D eigenvalue weighted by molar-refractivity contribution is -0.128. The van der Waals surface area contributed by atoms with E-state index in [2.05, 4.69) is 17.6 Å². The molecule has 0 unspecified atom stereocenters. The van der Waals surface area contributed by atoms with Crippen LogP contribution in [0.15, 0.2) is 36.4 Å². The summed E-state index contributed by atoms with van der Waals surface area (Å²) in [7, 11) is 0. The summed E-state index contributed by atoms with van der Waals surface area (Å²) in [6.45, 7) is 4.29. The van der Waals surface area contributed by atoms with Gasteiger partial charge in [0.25, 0.3) is 0 Å². The van der Waals surface area contributed by atoms with E-state index in [0.29, 0.717) is 12.8 Å². The second-order valence-electron chi connectivity index (χ2n) is 8.00. The largest absolute Gasteiger partial charge is 0.389 e. The molecular formula is C25H40N2O3. The van der Waals surface area contributed by atoms with Crippen LogP contribution in [-0.2, 0) is 9.59 Å². The lowest BCUT2D eigenvalue weighted by atomic mass is 10.0. The molecule has 30 heavy (non-hydrogen) atoms. The summed E-state index contributed by atoms with van der Waals surface area (Å²) in [4.78, 5) is 24.0. The fraction of sp³-hybridized carbons (Fsp3) is 0.600. The molecule has 0 aliphatic carbocycles. The van der Waals surface area contributed by atoms with E-state index in [1.807, 2.05) is 30.3 Å². The van der Waals surface area contributed by atoms with Gasteiger partial charge in [0.05, 0.1) is 6.10 Å². The minimum atomic E-state index is -1.47. The van der Waals surface area contributed by atoms with Crippen molar-refractivity contribution >= 4 is 18.3 Å². The first kappa shape index (κ1) is 26.1. The Hall–Kier alpha value is -1.98. The Morgan fingerprint density at radius 3 is 2.10 bits per heavy atom. The number of rotatable bonds is 17. The van der Waals surface area contributed by atoms with Crippen LogP contribution in [0.25, 0.3) is 6.08 Å². The van der Waals surface area contributed by atoms with Crippen molar-refractivity contribution in [1.29, 1.82) is 0 Å². The van der Waals surface area contributed by atoms with Crippen LogP contribution in [0, 0.1) is 0 Å². The number of benzene rings is 1. The van der Waals surface area contributed by atoms with Gasteiger partial charge in [0.1, 0.15) is 0 Å². The van der Waals surface area contributed by atoms with Gasteiger partial charge in [0.15, 0.2) is 11.9 Å². The summed E-state index contributed by atoms with van der Waals surface area (Å²) in [6.07, 6.45) is 14.9. The van der Waals surface area contributed by atoms with Gasteiger partial charge in [-0.25, -0.2) is 0 Å². The molecule has 0 aromatic heterocycles. The normalized spacial score (nSPS) is 14.4. The van der Waals surface area contributed by atoms with E-state index >= 15 is 0 Å². The molecule has 0 fully saturated rings. The summed E-state index contributed by atoms with van der Waals surface area (Å²) in [6, 6.07) is 9.44. The average Bonchev–Trinajstić information content (AvgIpc) is 2.75. The van der Waals surface area contributed by atoms with E-state index < -0.39 is 17.7 Å². The first-order valence-corrected chi connectivity index (χ1v) is 11.5. The van der Waals surface area contributed by atoms with E-state index in [1.54, 1.807) is 6.08 Å². The highest BCUT2D eigenvalue weighted by Gasteiger charge is 2.35. The Morgan fingerprint density at radius 1 is 1.00 bits per heavy atom. The molecule has 0 spiro atoms. The van der Waals surface area contributed by atoms with Gasteiger partial charge in [-0.2, -0.15) is 0 Å². The van der Waals surface area contributed by atoms with Gasteiger partial charge in [-0.05, 0) is 31.5 Å². The minimum absolute atomic E-state index is 0.428. The lowest BCUT2D eigenvalue weighted by Gasteiger charge is -2.32. The highest BCUT2D eigenvalue weighted by molar-refractivity contribution is 5.94. The molecule has 168 valence electrons. The summed E-state index contributed by atoms with van der Waals surface area (Å²) in [5.74, 6) is -0.428. The third-order valence-corrected chi connectivity index (χ3v) is 5.35. The van der Waals surface area contributed by atoms with Crippen molar-refractivity contribution in [2.75, 3.05) is 6.54 Å². The van der Waals surface area contributed by atoms with Gasteiger partial charge in [0, 0.05) is 6.08 Å². The third-order valence-electron chi connectivity index (χ3n) is 5.35. The van der Waals surface area contributed by atoms with Crippen LogP contribution in [0.2, 0.25) is 0 Å². The zero-order chi connectivity index (χ0) is 22.1. The van der Waals surface area contributed by atoms with Gasteiger partial charge in [0.2, 0.25) is 5.91 Å². The average molecular weight is 417 g/mol. The van der Waals surface area contributed by atoms with Crippen molar-refractivity contribution in [2.24, 2.45) is 0 Å². The number of hydrogen-bond acceptors (Lipinski definition) is 4. The number of carbonyl (C=O) groups is 2. The van der Waals surface area contributed by atoms with Crippen LogP contribution in [0.3, 0.4) is 0 Å². The SMILES string of the molecule is CCCCCCCCCCCCN[C@](C=O)(NC(=O)/C=C/c1ccccc1)[C@@H](C)O. The molecule has 0 heterocycles. The van der Waals surface area contributed by atoms with E-state index in [1.165, 1.54) is 64.4 Å². The molecule has 5 heteroatoms. The van der Waals surface area contributed by atoms with Crippen LogP contribution < -0.4 is 10.6 Å². The Bertz CT molecular complexity index is 616. The van der Waals surface area contributed by atoms with Gasteiger partial charge in [-0.3, -0.25) is 14.9 Å². The first-order chi connectivity index (χ1) is 14.5. The van der Waals surface area contributed by atoms with Crippen molar-refractivity contribution in [3.05, 3.63) is 42.0 Å². The van der Waals surface area contributed by atoms with Crippen LogP contribution in [-0.4, -0.2) is 35.6 Å². The van der Waals surface area contributed by atoms with Gasteiger partial charge >= 0.3 is 0 Å². The topological polar surface area (TPSA) is 78.4 Å². The Labute approximate surface area is 182 Å². The quantitative estimate of drug-likeness (QED) is 0.150. The van der Waals surface area contributed by atoms with Crippen molar-refractivity contribution in [2.45, 2.75) is 89.8 Å². The number of nitrogens with one attached hydrogen (secondary N) is 2. The lowest BCUT2D eigenvalue weighted by Crippen LogP contribution is -2.66. The van der Waals surface area contributed by atoms with Gasteiger partial charge in [-0.1, -0.05) is 95.0 Å². The molecule has 1 amide bonds. The highest BCUT2D eigenvalue weighted by Crippen LogP contribution is 2.11. The smallest absolute Gasteiger partial charge is 0.245 e. The molecule has 0 radical (unpaired) electrons. The molecule has 0 aliphatic rings. The summed E-state index contributed by atoms with van der Waals surface area (Å²) >= 11 is 0. The standard InChI is InChI=1S/C25H40N2O3/c1-3-4-5-6-7-8-9-10-11-15-20-26-25(21-28,22(2)29)27-24(30)19-18-23-16-13-12-14-17-23/h12-14,16-19,21-22,26,29H,3-11,15,20H2,1-2H3,(H,27,30)/b19-18+/t22-,25-/m1/s1. The van der Waals surface area contributed by atoms with Crippen molar-refractivity contribution < 1.29 is 14.7 Å². The van der Waals surface area contributed by atoms with E-state index in [4.69, 9.17) is 0 Å². The van der Waals surface area contributed by atoms with Crippen molar-refractivity contribution in [3.8, 4) is 0 Å². The second-order valence-corrected chi connectivity index (χ2v) is 8.00. The van der Waals surface area contributed by atoms with Crippen LogP contribution in [0.5, 0.6) is 0 Å². The molecule has 0 bridgehead atoms. The molecule has 1 aromatic carbocycles. The number of unbranched alkanes of at least 4 members (excludes halogenated alkanes) is 9. The van der Waals surface area contributed by atoms with Crippen LogP contribution in [0.1, 0.15) is 83.6 Å². The van der Waals surface area contributed by atoms with E-state index in [9.17, 15) is 14.7 Å². The molecule has 0 saturated carbocycles.